The molecule has 0 saturated carbocycles. The average molecular weight is 501 g/mol. The highest BCUT2D eigenvalue weighted by Crippen LogP contribution is 2.40. The van der Waals surface area contributed by atoms with Gasteiger partial charge < -0.3 is 0 Å². The van der Waals surface area contributed by atoms with Crippen LogP contribution in [0.15, 0.2) is 66.7 Å². The number of hydrogen-bond donors (Lipinski definition) is 0. The molecule has 0 fully saturated rings. The summed E-state index contributed by atoms with van der Waals surface area (Å²) in [5, 5.41) is 2.51. The Morgan fingerprint density at radius 3 is 1.92 bits per heavy atom. The van der Waals surface area contributed by atoms with Gasteiger partial charge in [-0.1, -0.05) is 84.0 Å². The molecule has 6 rings (SSSR count). The summed E-state index contributed by atoms with van der Waals surface area (Å²) in [6.45, 7) is 16.0. The summed E-state index contributed by atoms with van der Waals surface area (Å²) < 4.78 is 4.80. The summed E-state index contributed by atoms with van der Waals surface area (Å²) >= 11 is 0. The Balaban J connectivity index is 1.89. The summed E-state index contributed by atoms with van der Waals surface area (Å²) in [6.07, 6.45) is 0. The zero-order valence-corrected chi connectivity index (χ0v) is 23.9. The highest BCUT2D eigenvalue weighted by atomic mass is 15.1. The van der Waals surface area contributed by atoms with Gasteiger partial charge in [0.2, 0.25) is 0 Å². The van der Waals surface area contributed by atoms with E-state index in [0.29, 0.717) is 17.8 Å². The number of aromatic nitrogens is 3. The maximum atomic E-state index is 5.60. The topological polar surface area (TPSA) is 21.2 Å². The smallest absolute Gasteiger partial charge is 0.247 e. The molecule has 0 aliphatic rings. The Labute approximate surface area is 225 Å². The van der Waals surface area contributed by atoms with Gasteiger partial charge in [0.1, 0.15) is 5.52 Å². The predicted molar refractivity (Wildman–Crippen MR) is 161 cm³/mol. The third-order valence-corrected chi connectivity index (χ3v) is 8.26. The lowest BCUT2D eigenvalue weighted by Crippen LogP contribution is -2.27. The first-order valence-corrected chi connectivity index (χ1v) is 14.0. The van der Waals surface area contributed by atoms with Gasteiger partial charge in [-0.3, -0.25) is 0 Å². The number of hydrogen-bond acceptors (Lipinski definition) is 1. The molecule has 0 spiro atoms. The molecule has 3 nitrogen and oxygen atoms in total. The van der Waals surface area contributed by atoms with Gasteiger partial charge in [0, 0.05) is 5.56 Å². The molecule has 0 bridgehead atoms. The molecule has 3 aromatic carbocycles. The predicted octanol–water partition coefficient (Wildman–Crippen LogP) is 8.96. The fourth-order valence-electron chi connectivity index (χ4n) is 6.43. The van der Waals surface area contributed by atoms with Crippen LogP contribution in [-0.4, -0.2) is 9.38 Å². The minimum atomic E-state index is 0.384. The summed E-state index contributed by atoms with van der Waals surface area (Å²) in [5.41, 5.74) is 13.7. The van der Waals surface area contributed by atoms with Crippen molar-refractivity contribution in [3.63, 3.8) is 0 Å². The van der Waals surface area contributed by atoms with E-state index in [0.717, 1.165) is 11.2 Å². The van der Waals surface area contributed by atoms with Crippen molar-refractivity contribution in [1.82, 2.24) is 9.38 Å². The van der Waals surface area contributed by atoms with E-state index in [2.05, 4.69) is 131 Å². The van der Waals surface area contributed by atoms with E-state index >= 15 is 0 Å². The molecule has 192 valence electrons. The maximum absolute atomic E-state index is 5.60. The Bertz CT molecular complexity index is 1840. The summed E-state index contributed by atoms with van der Waals surface area (Å²) in [6, 6.07) is 24.6. The van der Waals surface area contributed by atoms with Gasteiger partial charge in [0.05, 0.1) is 29.0 Å². The summed E-state index contributed by atoms with van der Waals surface area (Å²) in [4.78, 5) is 5.60. The molecule has 0 aliphatic heterocycles. The molecular weight excluding hydrogens is 462 g/mol. The van der Waals surface area contributed by atoms with Crippen LogP contribution in [0, 0.1) is 6.92 Å². The SMILES string of the molecule is Cc1cc(-c2c(C(C)C)cccc2C(C)C)nc2c3c(C(C)C)cccc3n3c4ccccc4[n+](C)c3c12. The molecule has 0 saturated heterocycles. The van der Waals surface area contributed by atoms with Crippen molar-refractivity contribution < 1.29 is 4.57 Å². The van der Waals surface area contributed by atoms with E-state index in [9.17, 15) is 0 Å². The Hall–Kier alpha value is -3.72. The van der Waals surface area contributed by atoms with Gasteiger partial charge in [-0.25, -0.2) is 9.55 Å². The molecule has 3 heteroatoms. The molecule has 38 heavy (non-hydrogen) atoms. The highest BCUT2D eigenvalue weighted by Gasteiger charge is 2.28. The van der Waals surface area contributed by atoms with Crippen LogP contribution in [0.1, 0.15) is 81.5 Å². The van der Waals surface area contributed by atoms with Crippen LogP contribution >= 0.6 is 0 Å². The molecule has 3 heterocycles. The number of benzene rings is 3. The number of aryl methyl sites for hydroxylation is 2. The molecule has 0 N–H and O–H groups in total. The van der Waals surface area contributed by atoms with Crippen LogP contribution in [-0.2, 0) is 7.05 Å². The van der Waals surface area contributed by atoms with E-state index in [-0.39, 0.29) is 0 Å². The first-order chi connectivity index (χ1) is 18.2. The van der Waals surface area contributed by atoms with Gasteiger partial charge >= 0.3 is 0 Å². The number of para-hydroxylation sites is 2. The normalized spacial score (nSPS) is 12.4. The second-order valence-electron chi connectivity index (χ2n) is 11.8. The fraction of sp³-hybridized carbons (Fsp3) is 0.314. The first kappa shape index (κ1) is 24.6. The van der Waals surface area contributed by atoms with Gasteiger partial charge in [-0.2, -0.15) is 4.40 Å². The van der Waals surface area contributed by atoms with Crippen LogP contribution < -0.4 is 4.57 Å². The molecular formula is C35H38N3+. The molecule has 3 aromatic heterocycles. The van der Waals surface area contributed by atoms with E-state index in [1.807, 2.05) is 0 Å². The van der Waals surface area contributed by atoms with E-state index in [1.165, 1.54) is 60.8 Å². The summed E-state index contributed by atoms with van der Waals surface area (Å²) in [7, 11) is 2.19. The maximum Gasteiger partial charge on any atom is 0.297 e. The van der Waals surface area contributed by atoms with E-state index in [4.69, 9.17) is 4.98 Å². The summed E-state index contributed by atoms with van der Waals surface area (Å²) in [5.74, 6) is 1.22. The van der Waals surface area contributed by atoms with E-state index in [1.54, 1.807) is 0 Å². The third kappa shape index (κ3) is 3.48. The van der Waals surface area contributed by atoms with Crippen molar-refractivity contribution in [1.29, 1.82) is 0 Å². The number of fused-ring (bicyclic) bond motifs is 8. The Morgan fingerprint density at radius 2 is 1.26 bits per heavy atom. The monoisotopic (exact) mass is 500 g/mol. The Kier molecular flexibility index (Phi) is 5.79. The van der Waals surface area contributed by atoms with Crippen molar-refractivity contribution in [2.45, 2.75) is 66.2 Å². The van der Waals surface area contributed by atoms with Gasteiger partial charge in [-0.15, -0.1) is 0 Å². The van der Waals surface area contributed by atoms with Crippen LogP contribution in [0.25, 0.3) is 49.7 Å². The van der Waals surface area contributed by atoms with Crippen LogP contribution in [0.2, 0.25) is 0 Å². The third-order valence-electron chi connectivity index (χ3n) is 8.26. The number of imidazole rings is 1. The van der Waals surface area contributed by atoms with Crippen molar-refractivity contribution in [2.75, 3.05) is 0 Å². The minimum Gasteiger partial charge on any atom is -0.247 e. The van der Waals surface area contributed by atoms with Crippen molar-refractivity contribution in [2.24, 2.45) is 7.05 Å². The molecule has 0 radical (unpaired) electrons. The van der Waals surface area contributed by atoms with Gasteiger partial charge in [0.25, 0.3) is 5.65 Å². The zero-order valence-electron chi connectivity index (χ0n) is 23.9. The van der Waals surface area contributed by atoms with Crippen molar-refractivity contribution in [3.8, 4) is 11.3 Å². The van der Waals surface area contributed by atoms with Crippen LogP contribution in [0.3, 0.4) is 0 Å². The van der Waals surface area contributed by atoms with Crippen molar-refractivity contribution in [3.05, 3.63) is 89.0 Å². The number of nitrogens with zero attached hydrogens (tertiary/aromatic N) is 3. The van der Waals surface area contributed by atoms with Gasteiger partial charge in [0.15, 0.2) is 11.0 Å². The lowest BCUT2D eigenvalue weighted by atomic mass is 9.86. The van der Waals surface area contributed by atoms with Gasteiger partial charge in [-0.05, 0) is 71.2 Å². The Morgan fingerprint density at radius 1 is 0.684 bits per heavy atom. The number of pyridine rings is 2. The quantitative estimate of drug-likeness (QED) is 0.175. The molecule has 0 unspecified atom stereocenters. The highest BCUT2D eigenvalue weighted by molar-refractivity contribution is 6.13. The fourth-order valence-corrected chi connectivity index (χ4v) is 6.43. The second-order valence-corrected chi connectivity index (χ2v) is 11.8. The number of rotatable bonds is 4. The first-order valence-electron chi connectivity index (χ1n) is 14.0. The zero-order chi connectivity index (χ0) is 26.9. The van der Waals surface area contributed by atoms with Crippen LogP contribution in [0.4, 0.5) is 0 Å². The lowest BCUT2D eigenvalue weighted by Gasteiger charge is -2.20. The average Bonchev–Trinajstić information content (AvgIpc) is 3.20. The van der Waals surface area contributed by atoms with E-state index < -0.39 is 0 Å². The lowest BCUT2D eigenvalue weighted by molar-refractivity contribution is -0.617. The largest absolute Gasteiger partial charge is 0.297 e. The second kappa shape index (κ2) is 8.94. The minimum absolute atomic E-state index is 0.384. The molecule has 0 amide bonds. The van der Waals surface area contributed by atoms with Crippen molar-refractivity contribution >= 4 is 38.5 Å². The molecule has 6 aromatic rings. The standard InChI is InChI=1S/C35H38N3/c1-20(2)24-13-11-14-25(21(3)4)32(24)27-19-23(7)31-34(36-27)33-26(22(5)6)15-12-18-30(33)38-29-17-10-9-16-28(29)37(8)35(31)38/h9-22H,1-8H3/q+1. The van der Waals surface area contributed by atoms with Crippen LogP contribution in [0.5, 0.6) is 0 Å². The molecule has 0 atom stereocenters. The molecule has 0 aliphatic carbocycles.